The van der Waals surface area contributed by atoms with Gasteiger partial charge in [0.1, 0.15) is 0 Å². The van der Waals surface area contributed by atoms with E-state index >= 15 is 0 Å². The molecule has 0 aliphatic carbocycles. The van der Waals surface area contributed by atoms with E-state index in [9.17, 15) is 13.2 Å². The Morgan fingerprint density at radius 1 is 1.04 bits per heavy atom. The van der Waals surface area contributed by atoms with Crippen LogP contribution in [-0.2, 0) is 10.0 Å². The summed E-state index contributed by atoms with van der Waals surface area (Å²) < 4.78 is 37.3. The van der Waals surface area contributed by atoms with Gasteiger partial charge in [0.05, 0.1) is 18.1 Å². The van der Waals surface area contributed by atoms with Crippen LogP contribution in [0.4, 0.5) is 5.69 Å². The van der Waals surface area contributed by atoms with Gasteiger partial charge in [-0.3, -0.25) is 4.79 Å². The molecule has 0 saturated heterocycles. The van der Waals surface area contributed by atoms with E-state index in [1.807, 2.05) is 13.8 Å². The highest BCUT2D eigenvalue weighted by atomic mass is 32.2. The molecule has 0 saturated carbocycles. The fourth-order valence-electron chi connectivity index (χ4n) is 2.81. The zero-order chi connectivity index (χ0) is 20.5. The van der Waals surface area contributed by atoms with Crippen molar-refractivity contribution in [3.05, 3.63) is 47.0 Å². The van der Waals surface area contributed by atoms with Gasteiger partial charge in [-0.15, -0.1) is 0 Å². The fourth-order valence-corrected chi connectivity index (χ4v) is 3.83. The second-order valence-corrected chi connectivity index (χ2v) is 9.02. The lowest BCUT2D eigenvalue weighted by Crippen LogP contribution is -2.23. The Bertz CT molecular complexity index is 1020. The molecular formula is C20H24N2O5S. The normalized spacial score (nSPS) is 13.9. The predicted octanol–water partition coefficient (Wildman–Crippen LogP) is 2.97. The number of carbonyl (C=O) groups excluding carboxylic acids is 1. The monoisotopic (exact) mass is 404 g/mol. The summed E-state index contributed by atoms with van der Waals surface area (Å²) in [4.78, 5) is 12.9. The van der Waals surface area contributed by atoms with E-state index in [2.05, 4.69) is 5.32 Å². The van der Waals surface area contributed by atoms with Gasteiger partial charge in [-0.2, -0.15) is 0 Å². The number of carbonyl (C=O) groups is 1. The molecule has 8 heteroatoms. The minimum atomic E-state index is -3.61. The van der Waals surface area contributed by atoms with Crippen molar-refractivity contribution in [1.82, 2.24) is 4.31 Å². The Morgan fingerprint density at radius 2 is 1.71 bits per heavy atom. The lowest BCUT2D eigenvalue weighted by molar-refractivity contribution is 0.102. The number of fused-ring (bicyclic) bond motifs is 1. The molecule has 0 spiro atoms. The van der Waals surface area contributed by atoms with Crippen molar-refractivity contribution >= 4 is 21.6 Å². The molecule has 7 nitrogen and oxygen atoms in total. The van der Waals surface area contributed by atoms with Crippen molar-refractivity contribution in [3.63, 3.8) is 0 Å². The maximum absolute atomic E-state index is 12.8. The fraction of sp³-hybridized carbons (Fsp3) is 0.350. The van der Waals surface area contributed by atoms with Gasteiger partial charge in [0.15, 0.2) is 11.5 Å². The van der Waals surface area contributed by atoms with Gasteiger partial charge in [-0.05, 0) is 55.3 Å². The largest absolute Gasteiger partial charge is 0.490 e. The van der Waals surface area contributed by atoms with Crippen molar-refractivity contribution < 1.29 is 22.7 Å². The van der Waals surface area contributed by atoms with Gasteiger partial charge >= 0.3 is 0 Å². The molecule has 0 unspecified atom stereocenters. The number of anilines is 1. The molecule has 0 bridgehead atoms. The van der Waals surface area contributed by atoms with Crippen molar-refractivity contribution in [2.45, 2.75) is 25.2 Å². The first kappa shape index (κ1) is 20.2. The summed E-state index contributed by atoms with van der Waals surface area (Å²) in [5.41, 5.74) is 2.44. The van der Waals surface area contributed by atoms with E-state index in [0.717, 1.165) is 21.9 Å². The molecule has 1 aliphatic rings. The number of sulfonamides is 1. The zero-order valence-corrected chi connectivity index (χ0v) is 17.2. The summed E-state index contributed by atoms with van der Waals surface area (Å²) in [6.07, 6.45) is 0.780. The van der Waals surface area contributed by atoms with Gasteiger partial charge in [0, 0.05) is 31.8 Å². The van der Waals surface area contributed by atoms with Crippen molar-refractivity contribution in [3.8, 4) is 11.5 Å². The minimum Gasteiger partial charge on any atom is -0.490 e. The molecule has 0 aromatic heterocycles. The molecule has 2 aromatic carbocycles. The Morgan fingerprint density at radius 3 is 2.39 bits per heavy atom. The number of nitrogens with zero attached hydrogens (tertiary/aromatic N) is 1. The standard InChI is InChI=1S/C20H24N2O5S/c1-13-10-16(28(24,25)22(3)4)12-17(14(13)2)21-20(23)15-6-7-18-19(11-15)27-9-5-8-26-18/h6-7,10-12H,5,8-9H2,1-4H3,(H,21,23). The first-order valence-electron chi connectivity index (χ1n) is 8.95. The molecule has 2 aromatic rings. The Kier molecular flexibility index (Phi) is 5.62. The van der Waals surface area contributed by atoms with Crippen LogP contribution in [0.1, 0.15) is 27.9 Å². The number of rotatable bonds is 4. The van der Waals surface area contributed by atoms with E-state index in [1.165, 1.54) is 20.2 Å². The molecule has 1 amide bonds. The average molecular weight is 404 g/mol. The van der Waals surface area contributed by atoms with Crippen LogP contribution in [-0.4, -0.2) is 45.9 Å². The van der Waals surface area contributed by atoms with Gasteiger partial charge in [0.25, 0.3) is 5.91 Å². The number of benzene rings is 2. The molecule has 0 radical (unpaired) electrons. The Balaban J connectivity index is 1.92. The number of ether oxygens (including phenoxy) is 2. The van der Waals surface area contributed by atoms with Gasteiger partial charge < -0.3 is 14.8 Å². The SMILES string of the molecule is Cc1cc(S(=O)(=O)N(C)C)cc(NC(=O)c2ccc3c(c2)OCCCO3)c1C. The van der Waals surface area contributed by atoms with E-state index in [1.54, 1.807) is 24.3 Å². The summed E-state index contributed by atoms with van der Waals surface area (Å²) in [6, 6.07) is 8.09. The molecule has 1 heterocycles. The van der Waals surface area contributed by atoms with Crippen molar-refractivity contribution in [2.75, 3.05) is 32.6 Å². The quantitative estimate of drug-likeness (QED) is 0.847. The molecule has 28 heavy (non-hydrogen) atoms. The van der Waals surface area contributed by atoms with E-state index in [4.69, 9.17) is 9.47 Å². The van der Waals surface area contributed by atoms with Crippen molar-refractivity contribution in [2.24, 2.45) is 0 Å². The molecule has 0 atom stereocenters. The van der Waals surface area contributed by atoms with Crippen LogP contribution in [0.2, 0.25) is 0 Å². The lowest BCUT2D eigenvalue weighted by atomic mass is 10.1. The van der Waals surface area contributed by atoms with Crippen LogP contribution in [0.3, 0.4) is 0 Å². The third-order valence-electron chi connectivity index (χ3n) is 4.68. The third-order valence-corrected chi connectivity index (χ3v) is 6.47. The van der Waals surface area contributed by atoms with Gasteiger partial charge in [-0.1, -0.05) is 0 Å². The summed E-state index contributed by atoms with van der Waals surface area (Å²) in [5, 5.41) is 2.82. The summed E-state index contributed by atoms with van der Waals surface area (Å²) in [5.74, 6) is 0.791. The highest BCUT2D eigenvalue weighted by Gasteiger charge is 2.21. The second-order valence-electron chi connectivity index (χ2n) is 6.87. The highest BCUT2D eigenvalue weighted by Crippen LogP contribution is 2.31. The summed E-state index contributed by atoms with van der Waals surface area (Å²) >= 11 is 0. The summed E-state index contributed by atoms with van der Waals surface area (Å²) in [6.45, 7) is 4.75. The molecule has 1 aliphatic heterocycles. The molecule has 0 fully saturated rings. The second kappa shape index (κ2) is 7.81. The maximum Gasteiger partial charge on any atom is 0.255 e. The Hall–Kier alpha value is -2.58. The summed E-state index contributed by atoms with van der Waals surface area (Å²) in [7, 11) is -0.664. The maximum atomic E-state index is 12.8. The lowest BCUT2D eigenvalue weighted by Gasteiger charge is -2.16. The molecule has 150 valence electrons. The number of hydrogen-bond donors (Lipinski definition) is 1. The minimum absolute atomic E-state index is 0.134. The number of amides is 1. The van der Waals surface area contributed by atoms with E-state index in [0.29, 0.717) is 36.0 Å². The first-order chi connectivity index (χ1) is 13.2. The van der Waals surface area contributed by atoms with Crippen LogP contribution in [0, 0.1) is 13.8 Å². The Labute approximate surface area is 165 Å². The van der Waals surface area contributed by atoms with Crippen molar-refractivity contribution in [1.29, 1.82) is 0 Å². The van der Waals surface area contributed by atoms with Crippen LogP contribution in [0.5, 0.6) is 11.5 Å². The van der Waals surface area contributed by atoms with Gasteiger partial charge in [0.2, 0.25) is 10.0 Å². The van der Waals surface area contributed by atoms with Crippen LogP contribution >= 0.6 is 0 Å². The van der Waals surface area contributed by atoms with Crippen LogP contribution in [0.25, 0.3) is 0 Å². The predicted molar refractivity (Wildman–Crippen MR) is 107 cm³/mol. The van der Waals surface area contributed by atoms with E-state index < -0.39 is 10.0 Å². The number of aryl methyl sites for hydroxylation is 1. The molecule has 1 N–H and O–H groups in total. The van der Waals surface area contributed by atoms with Crippen LogP contribution in [0.15, 0.2) is 35.2 Å². The number of hydrogen-bond acceptors (Lipinski definition) is 5. The topological polar surface area (TPSA) is 84.9 Å². The molecular weight excluding hydrogens is 380 g/mol. The average Bonchev–Trinajstić information content (AvgIpc) is 2.89. The third kappa shape index (κ3) is 3.98. The smallest absolute Gasteiger partial charge is 0.255 e. The first-order valence-corrected chi connectivity index (χ1v) is 10.4. The molecule has 3 rings (SSSR count). The zero-order valence-electron chi connectivity index (χ0n) is 16.4. The highest BCUT2D eigenvalue weighted by molar-refractivity contribution is 7.89. The van der Waals surface area contributed by atoms with Gasteiger partial charge in [-0.25, -0.2) is 12.7 Å². The van der Waals surface area contributed by atoms with E-state index in [-0.39, 0.29) is 10.8 Å². The van der Waals surface area contributed by atoms with Crippen LogP contribution < -0.4 is 14.8 Å². The number of nitrogens with one attached hydrogen (secondary N) is 1.